The monoisotopic (exact) mass is 196 g/mol. The molecule has 14 heavy (non-hydrogen) atoms. The second-order valence-corrected chi connectivity index (χ2v) is 2.18. The SMILES string of the molecule is CCOC(=O)C(=O)O.c1ccccc1. The molecule has 1 rings (SSSR count). The van der Waals surface area contributed by atoms with Gasteiger partial charge in [0.1, 0.15) is 0 Å². The first kappa shape index (κ1) is 12.2. The summed E-state index contributed by atoms with van der Waals surface area (Å²) in [5, 5.41) is 7.84. The van der Waals surface area contributed by atoms with Gasteiger partial charge in [0.15, 0.2) is 0 Å². The lowest BCUT2D eigenvalue weighted by Gasteiger charge is -1.91. The molecule has 0 unspecified atom stereocenters. The van der Waals surface area contributed by atoms with Crippen molar-refractivity contribution in [1.29, 1.82) is 0 Å². The molecule has 0 aliphatic heterocycles. The molecule has 4 nitrogen and oxygen atoms in total. The van der Waals surface area contributed by atoms with Gasteiger partial charge in [0.25, 0.3) is 0 Å². The number of hydrogen-bond donors (Lipinski definition) is 1. The van der Waals surface area contributed by atoms with Crippen LogP contribution in [0.3, 0.4) is 0 Å². The minimum Gasteiger partial charge on any atom is -0.473 e. The standard InChI is InChI=1S/C6H6.C4H6O4/c1-2-4-6-5-3-1;1-2-8-4(7)3(5)6/h1-6H;2H2,1H3,(H,5,6). The number of carbonyl (C=O) groups is 2. The fourth-order valence-electron chi connectivity index (χ4n) is 0.578. The van der Waals surface area contributed by atoms with Crippen LogP contribution in [0.25, 0.3) is 0 Å². The van der Waals surface area contributed by atoms with E-state index < -0.39 is 11.9 Å². The van der Waals surface area contributed by atoms with E-state index in [1.165, 1.54) is 0 Å². The maximum absolute atomic E-state index is 9.92. The normalized spacial score (nSPS) is 8.07. The summed E-state index contributed by atoms with van der Waals surface area (Å²) in [7, 11) is 0. The van der Waals surface area contributed by atoms with E-state index in [9.17, 15) is 9.59 Å². The van der Waals surface area contributed by atoms with Crippen molar-refractivity contribution in [3.05, 3.63) is 36.4 Å². The van der Waals surface area contributed by atoms with Crippen molar-refractivity contribution >= 4 is 11.9 Å². The van der Waals surface area contributed by atoms with Gasteiger partial charge in [-0.3, -0.25) is 0 Å². The summed E-state index contributed by atoms with van der Waals surface area (Å²) in [4.78, 5) is 19.5. The maximum atomic E-state index is 9.92. The number of ether oxygens (including phenoxy) is 1. The van der Waals surface area contributed by atoms with Crippen LogP contribution < -0.4 is 0 Å². The number of carboxylic acids is 1. The zero-order valence-corrected chi connectivity index (χ0v) is 7.84. The molecule has 0 saturated heterocycles. The third-order valence-electron chi connectivity index (χ3n) is 1.12. The summed E-state index contributed by atoms with van der Waals surface area (Å²) in [6.45, 7) is 1.64. The lowest BCUT2D eigenvalue weighted by Crippen LogP contribution is -2.15. The van der Waals surface area contributed by atoms with Crippen LogP contribution in [0.1, 0.15) is 6.92 Å². The van der Waals surface area contributed by atoms with Crippen LogP contribution in [0.2, 0.25) is 0 Å². The van der Waals surface area contributed by atoms with Crippen molar-refractivity contribution < 1.29 is 19.4 Å². The van der Waals surface area contributed by atoms with Crippen LogP contribution in [0, 0.1) is 0 Å². The first-order chi connectivity index (χ1) is 6.68. The third-order valence-corrected chi connectivity index (χ3v) is 1.12. The van der Waals surface area contributed by atoms with Crippen LogP contribution >= 0.6 is 0 Å². The van der Waals surface area contributed by atoms with Crippen molar-refractivity contribution in [3.63, 3.8) is 0 Å². The number of benzene rings is 1. The summed E-state index contributed by atoms with van der Waals surface area (Å²) >= 11 is 0. The molecular formula is C10H12O4. The Bertz CT molecular complexity index is 242. The van der Waals surface area contributed by atoms with Gasteiger partial charge in [-0.15, -0.1) is 0 Å². The molecule has 0 spiro atoms. The predicted octanol–water partition coefficient (Wildman–Crippen LogP) is 1.32. The molecule has 0 aliphatic rings. The van der Waals surface area contributed by atoms with Gasteiger partial charge in [0, 0.05) is 0 Å². The minimum atomic E-state index is -1.55. The van der Waals surface area contributed by atoms with E-state index in [4.69, 9.17) is 5.11 Å². The Hall–Kier alpha value is -1.84. The second-order valence-electron chi connectivity index (χ2n) is 2.18. The highest BCUT2D eigenvalue weighted by Gasteiger charge is 2.09. The molecular weight excluding hydrogens is 184 g/mol. The summed E-state index contributed by atoms with van der Waals surface area (Å²) < 4.78 is 4.06. The van der Waals surface area contributed by atoms with Crippen molar-refractivity contribution in [2.45, 2.75) is 6.92 Å². The minimum absolute atomic E-state index is 0.102. The van der Waals surface area contributed by atoms with Gasteiger partial charge in [-0.1, -0.05) is 36.4 Å². The van der Waals surface area contributed by atoms with E-state index in [1.54, 1.807) is 6.92 Å². The smallest absolute Gasteiger partial charge is 0.417 e. The van der Waals surface area contributed by atoms with Gasteiger partial charge in [-0.25, -0.2) is 9.59 Å². The Labute approximate surface area is 82.1 Å². The molecule has 0 heterocycles. The predicted molar refractivity (Wildman–Crippen MR) is 50.7 cm³/mol. The lowest BCUT2D eigenvalue weighted by molar-refractivity contribution is -0.163. The van der Waals surface area contributed by atoms with Gasteiger partial charge in [0.05, 0.1) is 6.61 Å². The average Bonchev–Trinajstić information content (AvgIpc) is 2.21. The molecule has 0 aromatic heterocycles. The Morgan fingerprint density at radius 1 is 1.07 bits per heavy atom. The van der Waals surface area contributed by atoms with Crippen molar-refractivity contribution in [2.75, 3.05) is 6.61 Å². The van der Waals surface area contributed by atoms with Crippen LogP contribution in [0.15, 0.2) is 36.4 Å². The number of rotatable bonds is 1. The zero-order chi connectivity index (χ0) is 10.8. The number of carbonyl (C=O) groups excluding carboxylic acids is 1. The highest BCUT2D eigenvalue weighted by Crippen LogP contribution is 1.79. The summed E-state index contributed by atoms with van der Waals surface area (Å²) in [5.41, 5.74) is 0. The molecule has 1 aromatic rings. The molecule has 0 fully saturated rings. The Morgan fingerprint density at radius 2 is 1.43 bits per heavy atom. The molecule has 1 aromatic carbocycles. The number of carboxylic acid groups (broad SMARTS) is 1. The molecule has 0 atom stereocenters. The molecule has 76 valence electrons. The molecule has 0 bridgehead atoms. The lowest BCUT2D eigenvalue weighted by atomic mass is 10.4. The first-order valence-corrected chi connectivity index (χ1v) is 4.08. The summed E-state index contributed by atoms with van der Waals surface area (Å²) in [5.74, 6) is -2.75. The third kappa shape index (κ3) is 6.84. The van der Waals surface area contributed by atoms with Crippen LogP contribution in [-0.2, 0) is 14.3 Å². The largest absolute Gasteiger partial charge is 0.473 e. The number of hydrogen-bond acceptors (Lipinski definition) is 3. The van der Waals surface area contributed by atoms with Crippen molar-refractivity contribution in [1.82, 2.24) is 0 Å². The van der Waals surface area contributed by atoms with Gasteiger partial charge >= 0.3 is 11.9 Å². The van der Waals surface area contributed by atoms with E-state index >= 15 is 0 Å². The van der Waals surface area contributed by atoms with Gasteiger partial charge in [-0.2, -0.15) is 0 Å². The second kappa shape index (κ2) is 7.79. The van der Waals surface area contributed by atoms with E-state index in [0.717, 1.165) is 0 Å². The average molecular weight is 196 g/mol. The fourth-order valence-corrected chi connectivity index (χ4v) is 0.578. The van der Waals surface area contributed by atoms with Gasteiger partial charge < -0.3 is 9.84 Å². The van der Waals surface area contributed by atoms with E-state index in [2.05, 4.69) is 4.74 Å². The maximum Gasteiger partial charge on any atom is 0.417 e. The Balaban J connectivity index is 0.000000249. The molecule has 0 aliphatic carbocycles. The fraction of sp³-hybridized carbons (Fsp3) is 0.200. The summed E-state index contributed by atoms with van der Waals surface area (Å²) in [6.07, 6.45) is 0. The highest BCUT2D eigenvalue weighted by atomic mass is 16.6. The van der Waals surface area contributed by atoms with E-state index in [-0.39, 0.29) is 6.61 Å². The highest BCUT2D eigenvalue weighted by molar-refractivity contribution is 6.28. The topological polar surface area (TPSA) is 63.6 Å². The number of esters is 1. The van der Waals surface area contributed by atoms with Crippen LogP contribution in [0.4, 0.5) is 0 Å². The molecule has 1 N–H and O–H groups in total. The molecule has 0 amide bonds. The summed E-state index contributed by atoms with van der Waals surface area (Å²) in [6, 6.07) is 12.0. The molecule has 0 radical (unpaired) electrons. The van der Waals surface area contributed by atoms with Crippen LogP contribution in [-0.4, -0.2) is 23.7 Å². The number of aliphatic carboxylic acids is 1. The quantitative estimate of drug-likeness (QED) is 0.543. The van der Waals surface area contributed by atoms with Crippen molar-refractivity contribution in [3.8, 4) is 0 Å². The molecule has 4 heteroatoms. The first-order valence-electron chi connectivity index (χ1n) is 4.08. The van der Waals surface area contributed by atoms with Crippen LogP contribution in [0.5, 0.6) is 0 Å². The van der Waals surface area contributed by atoms with Crippen molar-refractivity contribution in [2.24, 2.45) is 0 Å². The van der Waals surface area contributed by atoms with Gasteiger partial charge in [-0.05, 0) is 6.92 Å². The van der Waals surface area contributed by atoms with E-state index in [1.807, 2.05) is 36.4 Å². The zero-order valence-electron chi connectivity index (χ0n) is 7.84. The van der Waals surface area contributed by atoms with E-state index in [0.29, 0.717) is 0 Å². The molecule has 0 saturated carbocycles. The Kier molecular flexibility index (Phi) is 6.77. The van der Waals surface area contributed by atoms with Gasteiger partial charge in [0.2, 0.25) is 0 Å². The Morgan fingerprint density at radius 3 is 1.57 bits per heavy atom.